The van der Waals surface area contributed by atoms with Crippen LogP contribution in [0.1, 0.15) is 140 Å². The Morgan fingerprint density at radius 1 is 0.630 bits per heavy atom. The van der Waals surface area contributed by atoms with Gasteiger partial charge in [-0.25, -0.2) is 0 Å². The number of hydrogen-bond donors (Lipinski definition) is 8. The summed E-state index contributed by atoms with van der Waals surface area (Å²) < 4.78 is 0. The maximum absolute atomic E-state index is 13.6. The van der Waals surface area contributed by atoms with Crippen LogP contribution in [0, 0.1) is 17.8 Å². The first-order valence-corrected chi connectivity index (χ1v) is 20.0. The van der Waals surface area contributed by atoms with Gasteiger partial charge in [0.05, 0.1) is 19.2 Å². The number of carbonyl (C=O) groups excluding carboxylic acids is 7. The van der Waals surface area contributed by atoms with Gasteiger partial charge in [0.15, 0.2) is 0 Å². The first-order valence-electron chi connectivity index (χ1n) is 20.0. The van der Waals surface area contributed by atoms with E-state index in [0.29, 0.717) is 19.3 Å². The van der Waals surface area contributed by atoms with E-state index in [4.69, 9.17) is 0 Å². The fraction of sp³-hybridized carbons (Fsp3) is 0.821. The molecule has 0 aliphatic heterocycles. The van der Waals surface area contributed by atoms with Gasteiger partial charge in [-0.05, 0) is 64.2 Å². The first kappa shape index (κ1) is 50.2. The van der Waals surface area contributed by atoms with Gasteiger partial charge in [-0.3, -0.25) is 33.6 Å². The van der Waals surface area contributed by atoms with Gasteiger partial charge < -0.3 is 42.3 Å². The predicted octanol–water partition coefficient (Wildman–Crippen LogP) is 2.34. The number of rotatable bonds is 27. The standard InChI is InChI=1S/C39H73N7O8/c1-12-15-16-17-18-19-31(48)40-22-32(49)41-27(9)34(50)44-30(21-25(6)7)36(52)46-39(11,14-3)38(54)42-28(10)35(51)45-33(26(8)13-2)37(53)43-29(23-47)20-24(4)5/h24-30,33,47H,12-23H2,1-11H3,(H,40,48)(H,41,49)(H,42,54)(H,43,53)(H,44,50)(H,45,51)(H,46,52)/t26-,27-,28-,29-,30-,33-,39+/m0/s1. The van der Waals surface area contributed by atoms with Gasteiger partial charge in [0.2, 0.25) is 41.4 Å². The highest BCUT2D eigenvalue weighted by Crippen LogP contribution is 2.15. The smallest absolute Gasteiger partial charge is 0.246 e. The third-order valence-corrected chi connectivity index (χ3v) is 9.53. The molecule has 8 N–H and O–H groups in total. The number of hydrogen-bond acceptors (Lipinski definition) is 8. The predicted molar refractivity (Wildman–Crippen MR) is 210 cm³/mol. The maximum Gasteiger partial charge on any atom is 0.246 e. The van der Waals surface area contributed by atoms with Crippen LogP contribution in [0.3, 0.4) is 0 Å². The summed E-state index contributed by atoms with van der Waals surface area (Å²) in [7, 11) is 0. The molecule has 0 saturated heterocycles. The topological polar surface area (TPSA) is 224 Å². The molecule has 0 rings (SSSR count). The van der Waals surface area contributed by atoms with Crippen LogP contribution in [0.25, 0.3) is 0 Å². The van der Waals surface area contributed by atoms with Gasteiger partial charge in [-0.2, -0.15) is 0 Å². The molecular formula is C39H73N7O8. The lowest BCUT2D eigenvalue weighted by Crippen LogP contribution is -2.63. The number of unbranched alkanes of at least 4 members (excludes halogenated alkanes) is 4. The summed E-state index contributed by atoms with van der Waals surface area (Å²) in [6, 6.07) is -4.51. The molecule has 15 nitrogen and oxygen atoms in total. The van der Waals surface area contributed by atoms with Gasteiger partial charge in [0.1, 0.15) is 29.7 Å². The van der Waals surface area contributed by atoms with E-state index >= 15 is 0 Å². The summed E-state index contributed by atoms with van der Waals surface area (Å²) in [5.74, 6) is -3.72. The number of aliphatic hydroxyl groups excluding tert-OH is 1. The molecule has 0 fully saturated rings. The van der Waals surface area contributed by atoms with E-state index in [0.717, 1.165) is 32.1 Å². The van der Waals surface area contributed by atoms with E-state index < -0.39 is 71.2 Å². The van der Waals surface area contributed by atoms with Gasteiger partial charge in [-0.1, -0.05) is 87.5 Å². The zero-order valence-electron chi connectivity index (χ0n) is 34.9. The van der Waals surface area contributed by atoms with Crippen LogP contribution < -0.4 is 37.2 Å². The van der Waals surface area contributed by atoms with Crippen LogP contribution in [0.4, 0.5) is 0 Å². The quantitative estimate of drug-likeness (QED) is 0.0578. The van der Waals surface area contributed by atoms with Crippen molar-refractivity contribution in [1.82, 2.24) is 37.2 Å². The van der Waals surface area contributed by atoms with Crippen LogP contribution >= 0.6 is 0 Å². The molecule has 0 aromatic heterocycles. The molecule has 0 radical (unpaired) electrons. The Hall–Kier alpha value is -3.75. The number of nitrogens with one attached hydrogen (secondary N) is 7. The number of carbonyl (C=O) groups is 7. The Bertz CT molecular complexity index is 1210. The van der Waals surface area contributed by atoms with Crippen LogP contribution in [-0.2, 0) is 33.6 Å². The summed E-state index contributed by atoms with van der Waals surface area (Å²) in [4.78, 5) is 91.3. The van der Waals surface area contributed by atoms with Crippen molar-refractivity contribution < 1.29 is 38.7 Å². The van der Waals surface area contributed by atoms with Crippen LogP contribution in [0.5, 0.6) is 0 Å². The average Bonchev–Trinajstić information content (AvgIpc) is 3.10. The molecule has 15 heteroatoms. The molecule has 312 valence electrons. The molecule has 0 aromatic carbocycles. The second kappa shape index (κ2) is 26.1. The van der Waals surface area contributed by atoms with Gasteiger partial charge in [0.25, 0.3) is 0 Å². The van der Waals surface area contributed by atoms with Gasteiger partial charge in [0, 0.05) is 6.42 Å². The van der Waals surface area contributed by atoms with Crippen LogP contribution in [-0.4, -0.2) is 95.4 Å². The normalized spacial score (nSPS) is 15.7. The second-order valence-corrected chi connectivity index (χ2v) is 15.7. The van der Waals surface area contributed by atoms with Gasteiger partial charge >= 0.3 is 0 Å². The Labute approximate surface area is 323 Å². The van der Waals surface area contributed by atoms with E-state index in [1.807, 2.05) is 41.5 Å². The highest BCUT2D eigenvalue weighted by molar-refractivity contribution is 5.98. The summed E-state index contributed by atoms with van der Waals surface area (Å²) in [6.07, 6.45) is 6.82. The lowest BCUT2D eigenvalue weighted by atomic mass is 9.94. The minimum Gasteiger partial charge on any atom is -0.394 e. The third kappa shape index (κ3) is 19.5. The van der Waals surface area contributed by atoms with Crippen molar-refractivity contribution in [3.8, 4) is 0 Å². The fourth-order valence-corrected chi connectivity index (χ4v) is 5.62. The highest BCUT2D eigenvalue weighted by Gasteiger charge is 2.38. The SMILES string of the molecule is CCCCCCCC(=O)NCC(=O)N[C@@H](C)C(=O)N[C@@H](CC(C)C)C(=O)N[C@](C)(CC)C(=O)N[C@@H](C)C(=O)N[C@H](C(=O)N[C@H](CO)CC(C)C)[C@@H](C)CC. The average molecular weight is 768 g/mol. The van der Waals surface area contributed by atoms with Gasteiger partial charge in [-0.15, -0.1) is 0 Å². The molecular weight excluding hydrogens is 694 g/mol. The van der Waals surface area contributed by atoms with Crippen LogP contribution in [0.2, 0.25) is 0 Å². The molecule has 0 spiro atoms. The first-order chi connectivity index (χ1) is 25.2. The molecule has 0 saturated carbocycles. The minimum absolute atomic E-state index is 0.0257. The van der Waals surface area contributed by atoms with Crippen molar-refractivity contribution in [1.29, 1.82) is 0 Å². The Balaban J connectivity index is 5.48. The van der Waals surface area contributed by atoms with Crippen molar-refractivity contribution in [3.63, 3.8) is 0 Å². The van der Waals surface area contributed by atoms with E-state index in [2.05, 4.69) is 44.1 Å². The van der Waals surface area contributed by atoms with Crippen LogP contribution in [0.15, 0.2) is 0 Å². The monoisotopic (exact) mass is 768 g/mol. The Morgan fingerprint density at radius 2 is 1.20 bits per heavy atom. The van der Waals surface area contributed by atoms with Crippen molar-refractivity contribution >= 4 is 41.4 Å². The molecule has 0 bridgehead atoms. The van der Waals surface area contributed by atoms with E-state index in [1.165, 1.54) is 20.8 Å². The molecule has 0 unspecified atom stereocenters. The highest BCUT2D eigenvalue weighted by atomic mass is 16.3. The summed E-state index contributed by atoms with van der Waals surface area (Å²) in [6.45, 7) is 19.2. The Morgan fingerprint density at radius 3 is 1.74 bits per heavy atom. The lowest BCUT2D eigenvalue weighted by molar-refractivity contribution is -0.138. The molecule has 0 aliphatic carbocycles. The van der Waals surface area contributed by atoms with Crippen molar-refractivity contribution in [3.05, 3.63) is 0 Å². The molecule has 7 atom stereocenters. The Kier molecular flexibility index (Phi) is 24.3. The molecule has 0 heterocycles. The molecule has 7 amide bonds. The molecule has 54 heavy (non-hydrogen) atoms. The van der Waals surface area contributed by atoms with E-state index in [1.54, 1.807) is 6.92 Å². The minimum atomic E-state index is -1.47. The van der Waals surface area contributed by atoms with E-state index in [9.17, 15) is 38.7 Å². The molecule has 0 aromatic rings. The summed E-state index contributed by atoms with van der Waals surface area (Å²) >= 11 is 0. The lowest BCUT2D eigenvalue weighted by Gasteiger charge is -2.33. The zero-order valence-corrected chi connectivity index (χ0v) is 34.9. The number of aliphatic hydroxyl groups is 1. The zero-order chi connectivity index (χ0) is 41.6. The van der Waals surface area contributed by atoms with Crippen molar-refractivity contribution in [2.24, 2.45) is 17.8 Å². The van der Waals surface area contributed by atoms with Crippen molar-refractivity contribution in [2.45, 2.75) is 176 Å². The van der Waals surface area contributed by atoms with E-state index in [-0.39, 0.29) is 49.7 Å². The second-order valence-electron chi connectivity index (χ2n) is 15.7. The fourth-order valence-electron chi connectivity index (χ4n) is 5.62. The summed E-state index contributed by atoms with van der Waals surface area (Å²) in [5, 5.41) is 28.5. The van der Waals surface area contributed by atoms with Crippen molar-refractivity contribution in [2.75, 3.05) is 13.2 Å². The third-order valence-electron chi connectivity index (χ3n) is 9.53. The molecule has 0 aliphatic rings. The number of amides is 7. The maximum atomic E-state index is 13.6. The largest absolute Gasteiger partial charge is 0.394 e. The summed E-state index contributed by atoms with van der Waals surface area (Å²) in [5.41, 5.74) is -1.47.